The predicted molar refractivity (Wildman–Crippen MR) is 298 cm³/mol. The lowest BCUT2D eigenvalue weighted by molar-refractivity contribution is -0.406. The second-order valence-electron chi connectivity index (χ2n) is 21.0. The Kier molecular flexibility index (Phi) is 19.4. The molecule has 85 heavy (non-hydrogen) atoms. The summed E-state index contributed by atoms with van der Waals surface area (Å²) in [6.45, 7) is -1.37. The van der Waals surface area contributed by atoms with Crippen molar-refractivity contribution in [2.75, 3.05) is 34.0 Å². The molecule has 5 heterocycles. The van der Waals surface area contributed by atoms with Gasteiger partial charge < -0.3 is 76.9 Å². The van der Waals surface area contributed by atoms with Crippen LogP contribution < -0.4 is 4.74 Å². The summed E-state index contributed by atoms with van der Waals surface area (Å²) in [5.74, 6) is -0.685. The molecule has 0 radical (unpaired) electrons. The number of imide groups is 1. The molecule has 2 amide bonds. The van der Waals surface area contributed by atoms with Crippen molar-refractivity contribution in [2.45, 2.75) is 124 Å². The number of amides is 2. The van der Waals surface area contributed by atoms with Gasteiger partial charge in [0.15, 0.2) is 25.2 Å². The van der Waals surface area contributed by atoms with Gasteiger partial charge in [0.05, 0.1) is 64.5 Å². The van der Waals surface area contributed by atoms with E-state index in [-0.39, 0.29) is 44.2 Å². The Hall–Kier alpha value is -7.03. The van der Waals surface area contributed by atoms with Crippen LogP contribution in [0, 0.1) is 0 Å². The van der Waals surface area contributed by atoms with Crippen molar-refractivity contribution in [1.29, 1.82) is 0 Å². The minimum absolute atomic E-state index is 0.00405. The number of hydrogen-bond donors (Lipinski definition) is 3. The Balaban J connectivity index is 0.943. The first kappa shape index (κ1) is 59.7. The van der Waals surface area contributed by atoms with Crippen molar-refractivity contribution in [3.63, 3.8) is 0 Å². The third-order valence-electron chi connectivity index (χ3n) is 15.6. The summed E-state index contributed by atoms with van der Waals surface area (Å²) in [5, 5.41) is 40.4. The standard InChI is InChI=1S/C63H66N4O18/c1-73-43-29-27-41(28-30-43)35-78-55-50(69)61(82-47-36-79-59(84-52(47)55)42-23-13-6-14-24-42)85-56-53(76-33-39-19-9-4-10-20-39)48(83-62(74-2)63(56,72)65-66-64)37-80-60-49(67-57(70)44-25-15-16-26-45(44)58(67)71)54(77-34-40-21-11-5-12-22-40)51(46(31-68)81-60)75-32-38-17-7-3-8-18-38/h3-30,46-56,59-62,68-69,72H,31-37H2,1-2H3/t46-,47-,48-,49-,50-,51-,52+,53+,54-,55-,56+,59?,60-,61+,62-,63-/m1/s1. The molecule has 0 saturated carbocycles. The third-order valence-corrected chi connectivity index (χ3v) is 15.6. The number of ether oxygens (including phenoxy) is 13. The van der Waals surface area contributed by atoms with Crippen molar-refractivity contribution in [3.05, 3.63) is 219 Å². The fraction of sp³-hybridized carbons (Fsp3) is 0.397. The number of azide groups is 1. The van der Waals surface area contributed by atoms with Crippen LogP contribution >= 0.6 is 0 Å². The van der Waals surface area contributed by atoms with Gasteiger partial charge in [0.25, 0.3) is 11.8 Å². The molecule has 6 aromatic rings. The fourth-order valence-corrected chi connectivity index (χ4v) is 11.3. The van der Waals surface area contributed by atoms with Gasteiger partial charge in [-0.05, 0) is 52.1 Å². The molecule has 5 aliphatic heterocycles. The molecule has 446 valence electrons. The summed E-state index contributed by atoms with van der Waals surface area (Å²) in [7, 11) is 2.77. The molecule has 0 aromatic heterocycles. The van der Waals surface area contributed by atoms with Gasteiger partial charge >= 0.3 is 0 Å². The molecule has 16 atom stereocenters. The van der Waals surface area contributed by atoms with Crippen LogP contribution in [0.1, 0.15) is 54.8 Å². The van der Waals surface area contributed by atoms with E-state index in [1.807, 2.05) is 109 Å². The van der Waals surface area contributed by atoms with Crippen LogP contribution in [-0.4, -0.2) is 158 Å². The van der Waals surface area contributed by atoms with Crippen molar-refractivity contribution >= 4 is 11.8 Å². The van der Waals surface area contributed by atoms with E-state index in [1.54, 1.807) is 67.8 Å². The molecule has 0 bridgehead atoms. The van der Waals surface area contributed by atoms with Gasteiger partial charge in [0.2, 0.25) is 5.72 Å². The molecule has 3 N–H and O–H groups in total. The van der Waals surface area contributed by atoms with Gasteiger partial charge in [-0.15, -0.1) is 0 Å². The topological polar surface area (TPSA) is 267 Å². The molecule has 0 spiro atoms. The van der Waals surface area contributed by atoms with Gasteiger partial charge in [-0.25, -0.2) is 0 Å². The molecule has 22 heteroatoms. The minimum Gasteiger partial charge on any atom is -0.497 e. The number of methoxy groups -OCH3 is 2. The van der Waals surface area contributed by atoms with E-state index in [0.29, 0.717) is 16.9 Å². The number of benzene rings is 6. The predicted octanol–water partition coefficient (Wildman–Crippen LogP) is 6.69. The number of aliphatic hydroxyl groups excluding tert-OH is 2. The van der Waals surface area contributed by atoms with E-state index in [1.165, 1.54) is 7.11 Å². The lowest BCUT2D eigenvalue weighted by Crippen LogP contribution is -2.71. The van der Waals surface area contributed by atoms with E-state index in [2.05, 4.69) is 10.0 Å². The Bertz CT molecular complexity index is 3150. The van der Waals surface area contributed by atoms with E-state index in [9.17, 15) is 30.4 Å². The molecule has 4 fully saturated rings. The third kappa shape index (κ3) is 13.1. The Morgan fingerprint density at radius 1 is 0.612 bits per heavy atom. The number of aliphatic hydroxyl groups is 3. The van der Waals surface area contributed by atoms with Crippen LogP contribution in [-0.2, 0) is 83.3 Å². The first-order chi connectivity index (χ1) is 41.6. The number of hydrogen-bond acceptors (Lipinski definition) is 19. The first-order valence-corrected chi connectivity index (χ1v) is 27.9. The Labute approximate surface area is 490 Å². The van der Waals surface area contributed by atoms with E-state index in [0.717, 1.165) is 21.6 Å². The molecule has 1 unspecified atom stereocenters. The first-order valence-electron chi connectivity index (χ1n) is 27.9. The number of fused-ring (bicyclic) bond motifs is 2. The molecule has 5 aliphatic rings. The number of rotatable bonds is 23. The molecular weight excluding hydrogens is 1100 g/mol. The lowest BCUT2D eigenvalue weighted by Gasteiger charge is -2.52. The van der Waals surface area contributed by atoms with Crippen LogP contribution in [0.2, 0.25) is 0 Å². The van der Waals surface area contributed by atoms with Gasteiger partial charge in [-0.3, -0.25) is 14.5 Å². The van der Waals surface area contributed by atoms with E-state index < -0.39 is 123 Å². The summed E-state index contributed by atoms with van der Waals surface area (Å²) in [6.07, 6.45) is -18.9. The maximum absolute atomic E-state index is 14.7. The summed E-state index contributed by atoms with van der Waals surface area (Å²) in [6, 6.07) is 49.0. The van der Waals surface area contributed by atoms with Crippen molar-refractivity contribution in [1.82, 2.24) is 4.90 Å². The molecule has 22 nitrogen and oxygen atoms in total. The van der Waals surface area contributed by atoms with Crippen LogP contribution in [0.15, 0.2) is 175 Å². The molecule has 11 rings (SSSR count). The van der Waals surface area contributed by atoms with Crippen LogP contribution in [0.4, 0.5) is 0 Å². The van der Waals surface area contributed by atoms with Crippen LogP contribution in [0.5, 0.6) is 5.75 Å². The highest BCUT2D eigenvalue weighted by atomic mass is 16.8. The van der Waals surface area contributed by atoms with Crippen molar-refractivity contribution < 1.29 is 86.5 Å². The zero-order valence-corrected chi connectivity index (χ0v) is 46.5. The van der Waals surface area contributed by atoms with Crippen LogP contribution in [0.3, 0.4) is 0 Å². The maximum atomic E-state index is 14.7. The summed E-state index contributed by atoms with van der Waals surface area (Å²) in [4.78, 5) is 33.5. The lowest BCUT2D eigenvalue weighted by atomic mass is 9.92. The highest BCUT2D eigenvalue weighted by Gasteiger charge is 2.62. The molecule has 0 aliphatic carbocycles. The number of carbonyl (C=O) groups excluding carboxylic acids is 2. The molecule has 4 saturated heterocycles. The smallest absolute Gasteiger partial charge is 0.262 e. The fourth-order valence-electron chi connectivity index (χ4n) is 11.3. The van der Waals surface area contributed by atoms with Gasteiger partial charge in [-0.2, -0.15) is 0 Å². The summed E-state index contributed by atoms with van der Waals surface area (Å²) < 4.78 is 83.8. The number of nitrogens with zero attached hydrogens (tertiary/aromatic N) is 4. The largest absolute Gasteiger partial charge is 0.497 e. The minimum atomic E-state index is -2.77. The Morgan fingerprint density at radius 2 is 1.14 bits per heavy atom. The highest BCUT2D eigenvalue weighted by molar-refractivity contribution is 6.21. The zero-order chi connectivity index (χ0) is 58.9. The summed E-state index contributed by atoms with van der Waals surface area (Å²) in [5.41, 5.74) is 11.4. The van der Waals surface area contributed by atoms with Gasteiger partial charge in [-0.1, -0.05) is 151 Å². The molecular formula is C63H66N4O18. The van der Waals surface area contributed by atoms with Gasteiger partial charge in [0.1, 0.15) is 72.8 Å². The zero-order valence-electron chi connectivity index (χ0n) is 46.5. The quantitative estimate of drug-likeness (QED) is 0.0261. The van der Waals surface area contributed by atoms with E-state index in [4.69, 9.17) is 61.6 Å². The SMILES string of the molecule is COc1ccc(CO[C@@H]2[C@@H](O)[C@H](O[C@H]3[C@@H](OCc4ccccc4)[C@@H](CO[C@@H]4O[C@H](CO)[C@@H](OCc5ccccc5)[C@H](OCc5ccccc5)[C@H]4N4C(=O)c5ccccc5C4=O)O[C@@H](OC)[C@@]3(O)N=[N+]=[N-])O[C@@H]3COC(c4ccccc4)O[C@H]23)cc1. The number of carbonyl (C=O) groups is 2. The van der Waals surface area contributed by atoms with Crippen molar-refractivity contribution in [2.24, 2.45) is 5.11 Å². The monoisotopic (exact) mass is 1170 g/mol. The van der Waals surface area contributed by atoms with Crippen LogP contribution in [0.25, 0.3) is 10.4 Å². The normalized spacial score (nSPS) is 30.9. The summed E-state index contributed by atoms with van der Waals surface area (Å²) >= 11 is 0. The highest BCUT2D eigenvalue weighted by Crippen LogP contribution is 2.43. The molecule has 6 aromatic carbocycles. The maximum Gasteiger partial charge on any atom is 0.262 e. The van der Waals surface area contributed by atoms with Gasteiger partial charge in [0, 0.05) is 17.6 Å². The Morgan fingerprint density at radius 3 is 1.69 bits per heavy atom. The second kappa shape index (κ2) is 27.6. The average Bonchev–Trinajstić information content (AvgIpc) is 2.00. The van der Waals surface area contributed by atoms with E-state index >= 15 is 0 Å². The average molecular weight is 1170 g/mol. The van der Waals surface area contributed by atoms with Crippen molar-refractivity contribution in [3.8, 4) is 5.75 Å². The second-order valence-corrected chi connectivity index (χ2v) is 21.0.